The molecule has 0 saturated heterocycles. The fourth-order valence-corrected chi connectivity index (χ4v) is 8.28. The summed E-state index contributed by atoms with van der Waals surface area (Å²) in [6, 6.07) is 29.7. The number of benzene rings is 2. The Bertz CT molecular complexity index is 934. The van der Waals surface area contributed by atoms with Gasteiger partial charge >= 0.3 is 0 Å². The number of rotatable bonds is 4. The standard InChI is InChI=1S/C22H16Br2N2Si/c23-17-11-13-21(25-15-17)27(19-7-3-1-4-8-19,20-9-5-2-6-10-20)22-14-12-18(24)16-26-22/h1-16H. The second kappa shape index (κ2) is 7.88. The fourth-order valence-electron chi connectivity index (χ4n) is 3.46. The molecule has 0 amide bonds. The van der Waals surface area contributed by atoms with Gasteiger partial charge in [-0.05, 0) is 66.5 Å². The second-order valence-electron chi connectivity index (χ2n) is 6.21. The molecule has 0 N–H and O–H groups in total. The van der Waals surface area contributed by atoms with Crippen molar-refractivity contribution in [1.82, 2.24) is 9.97 Å². The maximum Gasteiger partial charge on any atom is 0.223 e. The van der Waals surface area contributed by atoms with E-state index in [1.54, 1.807) is 0 Å². The fraction of sp³-hybridized carbons (Fsp3) is 0. The van der Waals surface area contributed by atoms with E-state index in [4.69, 9.17) is 9.97 Å². The van der Waals surface area contributed by atoms with Crippen molar-refractivity contribution in [1.29, 1.82) is 0 Å². The molecule has 2 nitrogen and oxygen atoms in total. The van der Waals surface area contributed by atoms with Gasteiger partial charge in [0.1, 0.15) is 0 Å². The van der Waals surface area contributed by atoms with E-state index in [9.17, 15) is 0 Å². The summed E-state index contributed by atoms with van der Waals surface area (Å²) in [5, 5.41) is 4.66. The Labute approximate surface area is 176 Å². The van der Waals surface area contributed by atoms with Gasteiger partial charge in [0.15, 0.2) is 0 Å². The highest BCUT2D eigenvalue weighted by molar-refractivity contribution is 9.10. The van der Waals surface area contributed by atoms with Crippen molar-refractivity contribution >= 4 is 60.9 Å². The SMILES string of the molecule is Brc1ccc([Si](c2ccccc2)(c2ccccc2)c2ccc(Br)cn2)nc1. The monoisotopic (exact) mass is 494 g/mol. The summed E-state index contributed by atoms with van der Waals surface area (Å²) in [5.74, 6) is 0. The molecule has 0 fully saturated rings. The predicted octanol–water partition coefficient (Wildman–Crippen LogP) is 3.38. The summed E-state index contributed by atoms with van der Waals surface area (Å²) in [7, 11) is -2.61. The van der Waals surface area contributed by atoms with E-state index in [-0.39, 0.29) is 0 Å². The van der Waals surface area contributed by atoms with Crippen LogP contribution in [0.15, 0.2) is 106 Å². The van der Waals surface area contributed by atoms with Gasteiger partial charge in [-0.2, -0.15) is 0 Å². The second-order valence-corrected chi connectivity index (χ2v) is 11.7. The molecule has 0 bridgehead atoms. The van der Waals surface area contributed by atoms with Crippen LogP contribution in [0.5, 0.6) is 0 Å². The molecule has 0 atom stereocenters. The molecule has 0 aliphatic rings. The molecule has 27 heavy (non-hydrogen) atoms. The van der Waals surface area contributed by atoms with Crippen molar-refractivity contribution in [2.75, 3.05) is 0 Å². The van der Waals surface area contributed by atoms with Crippen LogP contribution in [0.4, 0.5) is 0 Å². The van der Waals surface area contributed by atoms with E-state index in [2.05, 4.69) is 117 Å². The van der Waals surface area contributed by atoms with Gasteiger partial charge in [0.2, 0.25) is 8.07 Å². The van der Waals surface area contributed by atoms with Crippen LogP contribution in [0, 0.1) is 0 Å². The smallest absolute Gasteiger partial charge is 0.223 e. The quantitative estimate of drug-likeness (QED) is 0.405. The van der Waals surface area contributed by atoms with Gasteiger partial charge in [-0.25, -0.2) is 0 Å². The number of pyridine rings is 2. The molecule has 2 heterocycles. The van der Waals surface area contributed by atoms with Crippen molar-refractivity contribution < 1.29 is 0 Å². The van der Waals surface area contributed by atoms with Gasteiger partial charge in [-0.15, -0.1) is 0 Å². The average Bonchev–Trinajstić information content (AvgIpc) is 2.73. The third-order valence-corrected chi connectivity index (χ3v) is 10.1. The number of halogens is 2. The summed E-state index contributed by atoms with van der Waals surface area (Å²) in [6.07, 6.45) is 3.75. The Morgan fingerprint density at radius 3 is 1.26 bits per heavy atom. The Morgan fingerprint density at radius 1 is 0.519 bits per heavy atom. The topological polar surface area (TPSA) is 25.8 Å². The zero-order valence-corrected chi connectivity index (χ0v) is 18.6. The van der Waals surface area contributed by atoms with Crippen LogP contribution in [0.1, 0.15) is 0 Å². The highest BCUT2D eigenvalue weighted by Gasteiger charge is 2.44. The van der Waals surface area contributed by atoms with Gasteiger partial charge in [0, 0.05) is 32.0 Å². The first kappa shape index (κ1) is 18.3. The summed E-state index contributed by atoms with van der Waals surface area (Å²) in [5.41, 5.74) is 0. The lowest BCUT2D eigenvalue weighted by atomic mass is 10.4. The van der Waals surface area contributed by atoms with Crippen molar-refractivity contribution in [3.8, 4) is 0 Å². The van der Waals surface area contributed by atoms with Gasteiger partial charge in [-0.3, -0.25) is 9.97 Å². The molecule has 4 aromatic rings. The first-order valence-corrected chi connectivity index (χ1v) is 12.1. The molecule has 132 valence electrons. The van der Waals surface area contributed by atoms with E-state index < -0.39 is 8.07 Å². The molecule has 0 saturated carbocycles. The van der Waals surface area contributed by atoms with Crippen molar-refractivity contribution in [3.05, 3.63) is 106 Å². The predicted molar refractivity (Wildman–Crippen MR) is 121 cm³/mol. The number of hydrogen-bond donors (Lipinski definition) is 0. The zero-order valence-electron chi connectivity index (χ0n) is 14.4. The molecule has 0 aliphatic carbocycles. The molecule has 5 heteroatoms. The van der Waals surface area contributed by atoms with E-state index in [1.165, 1.54) is 10.4 Å². The molecular formula is C22H16Br2N2Si. The highest BCUT2D eigenvalue weighted by atomic mass is 79.9. The van der Waals surface area contributed by atoms with Crippen molar-refractivity contribution in [2.45, 2.75) is 0 Å². The zero-order chi connectivity index (χ0) is 18.7. The lowest BCUT2D eigenvalue weighted by Gasteiger charge is -2.32. The molecule has 0 aliphatic heterocycles. The first-order valence-electron chi connectivity index (χ1n) is 8.56. The van der Waals surface area contributed by atoms with Crippen LogP contribution in [-0.4, -0.2) is 18.0 Å². The van der Waals surface area contributed by atoms with Crippen LogP contribution < -0.4 is 21.0 Å². The van der Waals surface area contributed by atoms with Crippen LogP contribution >= 0.6 is 31.9 Å². The van der Waals surface area contributed by atoms with E-state index in [1.807, 2.05) is 12.4 Å². The molecule has 0 spiro atoms. The molecular weight excluding hydrogens is 480 g/mol. The lowest BCUT2D eigenvalue weighted by molar-refractivity contribution is 1.32. The number of hydrogen-bond acceptors (Lipinski definition) is 2. The van der Waals surface area contributed by atoms with Crippen LogP contribution in [0.25, 0.3) is 0 Å². The van der Waals surface area contributed by atoms with Crippen molar-refractivity contribution in [2.24, 2.45) is 0 Å². The number of nitrogens with zero attached hydrogens (tertiary/aromatic N) is 2. The van der Waals surface area contributed by atoms with Crippen LogP contribution in [0.2, 0.25) is 0 Å². The average molecular weight is 496 g/mol. The van der Waals surface area contributed by atoms with Crippen molar-refractivity contribution in [3.63, 3.8) is 0 Å². The molecule has 0 unspecified atom stereocenters. The summed E-state index contributed by atoms with van der Waals surface area (Å²) >= 11 is 7.04. The molecule has 2 aromatic heterocycles. The summed E-state index contributed by atoms with van der Waals surface area (Å²) in [6.45, 7) is 0. The Kier molecular flexibility index (Phi) is 5.34. The Balaban J connectivity index is 2.11. The van der Waals surface area contributed by atoms with Crippen LogP contribution in [-0.2, 0) is 0 Å². The summed E-state index contributed by atoms with van der Waals surface area (Å²) in [4.78, 5) is 9.73. The minimum Gasteiger partial charge on any atom is -0.264 e. The molecule has 4 rings (SSSR count). The summed E-state index contributed by atoms with van der Waals surface area (Å²) < 4.78 is 1.94. The van der Waals surface area contributed by atoms with Gasteiger partial charge < -0.3 is 0 Å². The number of aromatic nitrogens is 2. The third-order valence-electron chi connectivity index (χ3n) is 4.64. The van der Waals surface area contributed by atoms with Gasteiger partial charge in [0.25, 0.3) is 0 Å². The van der Waals surface area contributed by atoms with Gasteiger partial charge in [-0.1, -0.05) is 60.7 Å². The lowest BCUT2D eigenvalue weighted by Crippen LogP contribution is -2.76. The van der Waals surface area contributed by atoms with E-state index in [0.29, 0.717) is 0 Å². The molecule has 2 aromatic carbocycles. The highest BCUT2D eigenvalue weighted by Crippen LogP contribution is 2.11. The molecule has 0 radical (unpaired) electrons. The largest absolute Gasteiger partial charge is 0.264 e. The van der Waals surface area contributed by atoms with Crippen LogP contribution in [0.3, 0.4) is 0 Å². The normalized spacial score (nSPS) is 11.3. The van der Waals surface area contributed by atoms with E-state index in [0.717, 1.165) is 19.6 Å². The van der Waals surface area contributed by atoms with E-state index >= 15 is 0 Å². The third kappa shape index (κ3) is 3.42. The Hall–Kier alpha value is -2.08. The minimum absolute atomic E-state index is 0.971. The first-order chi connectivity index (χ1) is 13.2. The van der Waals surface area contributed by atoms with Gasteiger partial charge in [0.05, 0.1) is 0 Å². The maximum absolute atomic E-state index is 4.87. The minimum atomic E-state index is -2.61. The maximum atomic E-state index is 4.87. The Morgan fingerprint density at radius 2 is 0.926 bits per heavy atom.